The predicted molar refractivity (Wildman–Crippen MR) is 118 cm³/mol. The number of carbonyl (C=O) groups is 1. The van der Waals surface area contributed by atoms with Crippen LogP contribution >= 0.6 is 34.8 Å². The summed E-state index contributed by atoms with van der Waals surface area (Å²) in [5.74, 6) is 0.276. The Morgan fingerprint density at radius 1 is 1.07 bits per heavy atom. The lowest BCUT2D eigenvalue weighted by Gasteiger charge is -2.14. The zero-order valence-electron chi connectivity index (χ0n) is 16.0. The van der Waals surface area contributed by atoms with Crippen molar-refractivity contribution in [1.29, 1.82) is 0 Å². The molecule has 3 aromatic rings. The zero-order valence-corrected chi connectivity index (χ0v) is 18.2. The van der Waals surface area contributed by atoms with Gasteiger partial charge >= 0.3 is 0 Å². The van der Waals surface area contributed by atoms with Crippen LogP contribution in [-0.4, -0.2) is 23.8 Å². The normalized spacial score (nSPS) is 11.1. The Hall–Kier alpha value is -2.47. The third-order valence-electron chi connectivity index (χ3n) is 4.40. The van der Waals surface area contributed by atoms with Crippen LogP contribution in [0.1, 0.15) is 27.3 Å². The maximum absolute atomic E-state index is 12.3. The van der Waals surface area contributed by atoms with Gasteiger partial charge in [0.1, 0.15) is 5.75 Å². The average Bonchev–Trinajstić information content (AvgIpc) is 2.95. The van der Waals surface area contributed by atoms with Crippen molar-refractivity contribution in [1.82, 2.24) is 9.99 Å². The van der Waals surface area contributed by atoms with E-state index in [9.17, 15) is 4.79 Å². The second kappa shape index (κ2) is 8.91. The van der Waals surface area contributed by atoms with Gasteiger partial charge in [0.05, 0.1) is 29.6 Å². The minimum absolute atomic E-state index is 0.261. The molecule has 0 radical (unpaired) electrons. The molecular weight excluding hydrogens is 433 g/mol. The van der Waals surface area contributed by atoms with Crippen molar-refractivity contribution in [3.05, 3.63) is 80.0 Å². The van der Waals surface area contributed by atoms with E-state index in [1.807, 2.05) is 36.6 Å². The molecule has 5 nitrogen and oxygen atoms in total. The maximum Gasteiger partial charge on any atom is 0.272 e. The van der Waals surface area contributed by atoms with Gasteiger partial charge in [0, 0.05) is 27.0 Å². The van der Waals surface area contributed by atoms with Crippen LogP contribution in [0.5, 0.6) is 5.75 Å². The molecule has 0 spiro atoms. The molecule has 0 atom stereocenters. The third kappa shape index (κ3) is 4.58. The maximum atomic E-state index is 12.3. The molecular formula is C21H18Cl3N3O2. The van der Waals surface area contributed by atoms with E-state index in [2.05, 4.69) is 10.5 Å². The Labute approximate surface area is 183 Å². The van der Waals surface area contributed by atoms with Crippen molar-refractivity contribution in [3.63, 3.8) is 0 Å². The molecule has 0 saturated carbocycles. The first-order valence-corrected chi connectivity index (χ1v) is 9.76. The highest BCUT2D eigenvalue weighted by Crippen LogP contribution is 2.30. The summed E-state index contributed by atoms with van der Waals surface area (Å²) in [5, 5.41) is 5.39. The van der Waals surface area contributed by atoms with Crippen LogP contribution in [0.4, 0.5) is 0 Å². The molecule has 0 aliphatic rings. The first-order valence-electron chi connectivity index (χ1n) is 8.63. The molecule has 0 fully saturated rings. The number of hydrazone groups is 1. The predicted octanol–water partition coefficient (Wildman–Crippen LogP) is 5.83. The van der Waals surface area contributed by atoms with Gasteiger partial charge in [-0.15, -0.1) is 0 Å². The lowest BCUT2D eigenvalue weighted by atomic mass is 10.2. The minimum atomic E-state index is -0.423. The van der Waals surface area contributed by atoms with Gasteiger partial charge in [-0.2, -0.15) is 5.10 Å². The molecule has 1 N–H and O–H groups in total. The van der Waals surface area contributed by atoms with Gasteiger partial charge < -0.3 is 9.30 Å². The fraction of sp³-hybridized carbons (Fsp3) is 0.143. The van der Waals surface area contributed by atoms with Crippen molar-refractivity contribution in [2.24, 2.45) is 5.10 Å². The number of carbonyl (C=O) groups excluding carboxylic acids is 1. The zero-order chi connectivity index (χ0) is 21.1. The number of aromatic nitrogens is 1. The summed E-state index contributed by atoms with van der Waals surface area (Å²) in [4.78, 5) is 12.3. The van der Waals surface area contributed by atoms with Gasteiger partial charge in [0.15, 0.2) is 0 Å². The van der Waals surface area contributed by atoms with Crippen LogP contribution in [0.3, 0.4) is 0 Å². The molecule has 0 aliphatic heterocycles. The number of nitrogens with one attached hydrogen (secondary N) is 1. The molecule has 3 rings (SSSR count). The Morgan fingerprint density at radius 2 is 1.76 bits per heavy atom. The van der Waals surface area contributed by atoms with Crippen molar-refractivity contribution < 1.29 is 9.53 Å². The quantitative estimate of drug-likeness (QED) is 0.393. The SMILES string of the molecule is COc1ccc(Cl)cc1-n1c(C)cc(/C=N\NC(=O)c2ccc(Cl)cc2Cl)c1C. The summed E-state index contributed by atoms with van der Waals surface area (Å²) in [6.45, 7) is 3.92. The monoisotopic (exact) mass is 449 g/mol. The van der Waals surface area contributed by atoms with Crippen LogP contribution in [-0.2, 0) is 0 Å². The summed E-state index contributed by atoms with van der Waals surface area (Å²) in [6, 6.07) is 12.0. The smallest absolute Gasteiger partial charge is 0.272 e. The lowest BCUT2D eigenvalue weighted by molar-refractivity contribution is 0.0955. The lowest BCUT2D eigenvalue weighted by Crippen LogP contribution is -2.18. The Bertz CT molecular complexity index is 1110. The van der Waals surface area contributed by atoms with Gasteiger partial charge in [0.2, 0.25) is 0 Å². The van der Waals surface area contributed by atoms with Crippen molar-refractivity contribution >= 4 is 46.9 Å². The third-order valence-corrected chi connectivity index (χ3v) is 5.18. The van der Waals surface area contributed by atoms with E-state index in [1.54, 1.807) is 31.5 Å². The van der Waals surface area contributed by atoms with Crippen molar-refractivity contribution in [2.75, 3.05) is 7.11 Å². The van der Waals surface area contributed by atoms with Gasteiger partial charge in [-0.05, 0) is 56.3 Å². The van der Waals surface area contributed by atoms with Gasteiger partial charge in [-0.25, -0.2) is 5.43 Å². The topological polar surface area (TPSA) is 55.6 Å². The highest BCUT2D eigenvalue weighted by Gasteiger charge is 2.14. The van der Waals surface area contributed by atoms with E-state index in [1.165, 1.54) is 6.07 Å². The van der Waals surface area contributed by atoms with Crippen LogP contribution in [0.15, 0.2) is 47.6 Å². The molecule has 0 aliphatic carbocycles. The summed E-state index contributed by atoms with van der Waals surface area (Å²) in [5.41, 5.74) is 6.33. The molecule has 1 heterocycles. The van der Waals surface area contributed by atoms with E-state index >= 15 is 0 Å². The number of hydrogen-bond acceptors (Lipinski definition) is 3. The Kier molecular flexibility index (Phi) is 6.52. The van der Waals surface area contributed by atoms with E-state index in [0.717, 1.165) is 22.6 Å². The van der Waals surface area contributed by atoms with Gasteiger partial charge in [-0.1, -0.05) is 34.8 Å². The van der Waals surface area contributed by atoms with Crippen LogP contribution in [0.25, 0.3) is 5.69 Å². The second-order valence-electron chi connectivity index (χ2n) is 6.30. The Morgan fingerprint density at radius 3 is 2.45 bits per heavy atom. The molecule has 8 heteroatoms. The summed E-state index contributed by atoms with van der Waals surface area (Å²) < 4.78 is 7.48. The number of hydrogen-bond donors (Lipinski definition) is 1. The largest absolute Gasteiger partial charge is 0.495 e. The fourth-order valence-corrected chi connectivity index (χ4v) is 3.68. The second-order valence-corrected chi connectivity index (χ2v) is 7.58. The summed E-state index contributed by atoms with van der Waals surface area (Å²) in [6.07, 6.45) is 1.58. The molecule has 2 aromatic carbocycles. The molecule has 0 bridgehead atoms. The van der Waals surface area contributed by atoms with Gasteiger partial charge in [0.25, 0.3) is 5.91 Å². The number of halogens is 3. The Balaban J connectivity index is 1.85. The number of nitrogens with zero attached hydrogens (tertiary/aromatic N) is 2. The molecule has 1 aromatic heterocycles. The van der Waals surface area contributed by atoms with Crippen molar-refractivity contribution in [3.8, 4) is 11.4 Å². The van der Waals surface area contributed by atoms with Crippen molar-refractivity contribution in [2.45, 2.75) is 13.8 Å². The van der Waals surface area contributed by atoms with Crippen LogP contribution in [0.2, 0.25) is 15.1 Å². The molecule has 29 heavy (non-hydrogen) atoms. The first kappa shape index (κ1) is 21.2. The average molecular weight is 451 g/mol. The standard InChI is InChI=1S/C21H18Cl3N3O2/c1-12-8-14(11-25-26-21(28)17-6-4-15(22)9-18(17)24)13(2)27(12)19-10-16(23)5-7-20(19)29-3/h4-11H,1-3H3,(H,26,28)/b25-11-. The minimum Gasteiger partial charge on any atom is -0.495 e. The van der Waals surface area contributed by atoms with E-state index in [-0.39, 0.29) is 5.02 Å². The highest BCUT2D eigenvalue weighted by atomic mass is 35.5. The van der Waals surface area contributed by atoms with E-state index in [0.29, 0.717) is 21.4 Å². The molecule has 0 unspecified atom stereocenters. The summed E-state index contributed by atoms with van der Waals surface area (Å²) in [7, 11) is 1.61. The number of benzene rings is 2. The number of aryl methyl sites for hydroxylation is 1. The van der Waals surface area contributed by atoms with Gasteiger partial charge in [-0.3, -0.25) is 4.79 Å². The van der Waals surface area contributed by atoms with Crippen LogP contribution < -0.4 is 10.2 Å². The van der Waals surface area contributed by atoms with E-state index < -0.39 is 5.91 Å². The molecule has 150 valence electrons. The molecule has 0 saturated heterocycles. The molecule has 1 amide bonds. The highest BCUT2D eigenvalue weighted by molar-refractivity contribution is 6.36. The first-order chi connectivity index (χ1) is 13.8. The number of rotatable bonds is 5. The number of methoxy groups -OCH3 is 1. The fourth-order valence-electron chi connectivity index (χ4n) is 3.02. The number of amides is 1. The van der Waals surface area contributed by atoms with E-state index in [4.69, 9.17) is 39.5 Å². The number of ether oxygens (including phenoxy) is 1. The summed E-state index contributed by atoms with van der Waals surface area (Å²) >= 11 is 18.1. The van der Waals surface area contributed by atoms with Crippen LogP contribution in [0, 0.1) is 13.8 Å².